The molecule has 4 aromatic heterocycles. The van der Waals surface area contributed by atoms with Crippen molar-refractivity contribution in [2.24, 2.45) is 0 Å². The minimum Gasteiger partial charge on any atom is -0.452 e. The molecule has 0 aliphatic carbocycles. The van der Waals surface area contributed by atoms with Crippen LogP contribution in [0.5, 0.6) is 0 Å². The van der Waals surface area contributed by atoms with Gasteiger partial charge in [-0.3, -0.25) is 4.68 Å². The van der Waals surface area contributed by atoms with Crippen LogP contribution in [0.2, 0.25) is 0 Å². The quantitative estimate of drug-likeness (QED) is 0.358. The van der Waals surface area contributed by atoms with Gasteiger partial charge in [0.05, 0.1) is 23.3 Å². The smallest absolute Gasteiger partial charge is 0.323 e. The van der Waals surface area contributed by atoms with Crippen molar-refractivity contribution in [1.29, 1.82) is 0 Å². The molecule has 6 rings (SSSR count). The second-order valence-corrected chi connectivity index (χ2v) is 7.94. The van der Waals surface area contributed by atoms with Crippen LogP contribution >= 0.6 is 0 Å². The van der Waals surface area contributed by atoms with Gasteiger partial charge in [-0.1, -0.05) is 0 Å². The van der Waals surface area contributed by atoms with Crippen LogP contribution in [-0.4, -0.2) is 37.8 Å². The number of H-pyrrole nitrogens is 2. The van der Waals surface area contributed by atoms with Crippen LogP contribution in [0.15, 0.2) is 52.1 Å². The Balaban J connectivity index is 1.44. The van der Waals surface area contributed by atoms with E-state index in [-0.39, 0.29) is 5.69 Å². The zero-order valence-corrected chi connectivity index (χ0v) is 16.7. The topological polar surface area (TPSA) is 131 Å². The Bertz CT molecular complexity index is 1470. The van der Waals surface area contributed by atoms with Crippen LogP contribution in [-0.2, 0) is 0 Å². The minimum absolute atomic E-state index is 0.238. The van der Waals surface area contributed by atoms with E-state index in [1.807, 2.05) is 30.5 Å². The average Bonchev–Trinajstić information content (AvgIpc) is 3.52. The van der Waals surface area contributed by atoms with E-state index in [1.54, 1.807) is 6.20 Å². The van der Waals surface area contributed by atoms with E-state index in [0.29, 0.717) is 23.2 Å². The van der Waals surface area contributed by atoms with Crippen molar-refractivity contribution < 1.29 is 4.42 Å². The van der Waals surface area contributed by atoms with Gasteiger partial charge in [-0.25, -0.2) is 9.78 Å². The van der Waals surface area contributed by atoms with Gasteiger partial charge in [-0.2, -0.15) is 5.10 Å². The van der Waals surface area contributed by atoms with Gasteiger partial charge in [-0.15, -0.1) is 0 Å². The number of piperidine rings is 1. The molecule has 0 bridgehead atoms. The lowest BCUT2D eigenvalue weighted by atomic mass is 10.1. The Hall–Kier alpha value is -3.85. The summed E-state index contributed by atoms with van der Waals surface area (Å²) in [5, 5.41) is 8.88. The van der Waals surface area contributed by atoms with E-state index >= 15 is 0 Å². The van der Waals surface area contributed by atoms with Gasteiger partial charge in [0.25, 0.3) is 0 Å². The monoisotopic (exact) mass is 415 g/mol. The van der Waals surface area contributed by atoms with Crippen LogP contribution in [0, 0.1) is 0 Å². The standard InChI is InChI=1S/C22H21N7O2/c23-21-20-15(8-19(31-20)12-1-2-17-18(7-12)28-22(30)27-17)16(10-25-21)13-9-26-29(11-13)14-3-5-24-6-4-14/h1-2,7-11,14,24H,3-6H2,(H2,23,25)(H2,27,28,30). The van der Waals surface area contributed by atoms with Crippen molar-refractivity contribution >= 4 is 27.8 Å². The highest BCUT2D eigenvalue weighted by molar-refractivity contribution is 6.00. The second-order valence-electron chi connectivity index (χ2n) is 7.94. The number of hydrogen-bond acceptors (Lipinski definition) is 6. The van der Waals surface area contributed by atoms with Crippen LogP contribution in [0.1, 0.15) is 18.9 Å². The van der Waals surface area contributed by atoms with Crippen molar-refractivity contribution in [3.63, 3.8) is 0 Å². The van der Waals surface area contributed by atoms with E-state index in [2.05, 4.69) is 36.2 Å². The zero-order valence-electron chi connectivity index (χ0n) is 16.7. The van der Waals surface area contributed by atoms with Gasteiger partial charge >= 0.3 is 5.69 Å². The molecule has 1 aliphatic heterocycles. The largest absolute Gasteiger partial charge is 0.452 e. The molecule has 1 saturated heterocycles. The van der Waals surface area contributed by atoms with Gasteiger partial charge in [0.15, 0.2) is 11.4 Å². The molecule has 1 aliphatic rings. The molecule has 1 fully saturated rings. The molecule has 0 atom stereocenters. The number of benzene rings is 1. The summed E-state index contributed by atoms with van der Waals surface area (Å²) in [4.78, 5) is 21.4. The Kier molecular flexibility index (Phi) is 3.97. The molecule has 0 unspecified atom stereocenters. The molecule has 0 saturated carbocycles. The SMILES string of the molecule is Nc1ncc(-c2cnn(C3CCNCC3)c2)c2cc(-c3ccc4[nH]c(=O)[nH]c4c3)oc12. The Morgan fingerprint density at radius 2 is 1.90 bits per heavy atom. The van der Waals surface area contributed by atoms with Gasteiger partial charge in [0, 0.05) is 34.5 Å². The van der Waals surface area contributed by atoms with Gasteiger partial charge in [0.2, 0.25) is 0 Å². The summed E-state index contributed by atoms with van der Waals surface area (Å²) >= 11 is 0. The number of nitrogens with zero attached hydrogens (tertiary/aromatic N) is 3. The number of imidazole rings is 1. The number of furan rings is 1. The molecule has 31 heavy (non-hydrogen) atoms. The number of nitrogen functional groups attached to an aromatic ring is 1. The number of anilines is 1. The molecule has 5 heterocycles. The number of rotatable bonds is 3. The summed E-state index contributed by atoms with van der Waals surface area (Å²) in [5.41, 5.74) is 10.7. The number of fused-ring (bicyclic) bond motifs is 2. The highest BCUT2D eigenvalue weighted by Gasteiger charge is 2.19. The molecular weight excluding hydrogens is 394 g/mol. The summed E-state index contributed by atoms with van der Waals surface area (Å²) in [7, 11) is 0. The van der Waals surface area contributed by atoms with E-state index in [1.165, 1.54) is 0 Å². The van der Waals surface area contributed by atoms with Gasteiger partial charge < -0.3 is 25.4 Å². The van der Waals surface area contributed by atoms with Gasteiger partial charge in [0.1, 0.15) is 5.76 Å². The van der Waals surface area contributed by atoms with E-state index in [0.717, 1.165) is 59.0 Å². The highest BCUT2D eigenvalue weighted by Crippen LogP contribution is 2.37. The number of nitrogens with one attached hydrogen (secondary N) is 3. The maximum absolute atomic E-state index is 11.6. The number of pyridine rings is 1. The van der Waals surface area contributed by atoms with Crippen LogP contribution in [0.25, 0.3) is 44.5 Å². The molecule has 0 radical (unpaired) electrons. The molecule has 9 heteroatoms. The Morgan fingerprint density at radius 1 is 1.06 bits per heavy atom. The number of aromatic nitrogens is 5. The fraction of sp³-hybridized carbons (Fsp3) is 0.227. The first-order valence-corrected chi connectivity index (χ1v) is 10.3. The van der Waals surface area contributed by atoms with E-state index < -0.39 is 0 Å². The maximum Gasteiger partial charge on any atom is 0.323 e. The van der Waals surface area contributed by atoms with Crippen LogP contribution in [0.3, 0.4) is 0 Å². The minimum atomic E-state index is -0.238. The normalized spacial score (nSPS) is 15.2. The molecule has 5 N–H and O–H groups in total. The molecule has 1 aromatic carbocycles. The Labute approximate surface area is 176 Å². The van der Waals surface area contributed by atoms with Crippen molar-refractivity contribution in [2.45, 2.75) is 18.9 Å². The fourth-order valence-electron chi connectivity index (χ4n) is 4.35. The van der Waals surface area contributed by atoms with Gasteiger partial charge in [-0.05, 0) is 50.2 Å². The first-order chi connectivity index (χ1) is 15.2. The van der Waals surface area contributed by atoms with Crippen LogP contribution in [0.4, 0.5) is 5.82 Å². The third-order valence-electron chi connectivity index (χ3n) is 5.98. The lowest BCUT2D eigenvalue weighted by Crippen LogP contribution is -2.29. The summed E-state index contributed by atoms with van der Waals surface area (Å²) in [6, 6.07) is 8.01. The lowest BCUT2D eigenvalue weighted by Gasteiger charge is -2.22. The van der Waals surface area contributed by atoms with Crippen LogP contribution < -0.4 is 16.7 Å². The number of hydrogen-bond donors (Lipinski definition) is 4. The lowest BCUT2D eigenvalue weighted by molar-refractivity contribution is 0.343. The number of nitrogens with two attached hydrogens (primary N) is 1. The number of aromatic amines is 2. The molecular formula is C22H21N7O2. The third-order valence-corrected chi connectivity index (χ3v) is 5.98. The molecule has 156 valence electrons. The van der Waals surface area contributed by atoms with Crippen molar-refractivity contribution in [3.05, 3.63) is 53.3 Å². The summed E-state index contributed by atoms with van der Waals surface area (Å²) < 4.78 is 8.15. The second kappa shape index (κ2) is 6.85. The zero-order chi connectivity index (χ0) is 20.9. The van der Waals surface area contributed by atoms with Crippen molar-refractivity contribution in [1.82, 2.24) is 30.0 Å². The molecule has 9 nitrogen and oxygen atoms in total. The molecule has 5 aromatic rings. The summed E-state index contributed by atoms with van der Waals surface area (Å²) in [6.07, 6.45) is 7.85. The third kappa shape index (κ3) is 3.01. The highest BCUT2D eigenvalue weighted by atomic mass is 16.3. The molecule has 0 amide bonds. The first-order valence-electron chi connectivity index (χ1n) is 10.3. The summed E-state index contributed by atoms with van der Waals surface area (Å²) in [6.45, 7) is 2.02. The first kappa shape index (κ1) is 18.0. The molecule has 0 spiro atoms. The van der Waals surface area contributed by atoms with Crippen molar-refractivity contribution in [3.8, 4) is 22.5 Å². The van der Waals surface area contributed by atoms with E-state index in [9.17, 15) is 4.79 Å². The van der Waals surface area contributed by atoms with E-state index in [4.69, 9.17) is 10.2 Å². The predicted octanol–water partition coefficient (Wildman–Crippen LogP) is 3.03. The fourth-order valence-corrected chi connectivity index (χ4v) is 4.35. The summed E-state index contributed by atoms with van der Waals surface area (Å²) in [5.74, 6) is 0.998. The predicted molar refractivity (Wildman–Crippen MR) is 119 cm³/mol. The van der Waals surface area contributed by atoms with Crippen molar-refractivity contribution in [2.75, 3.05) is 18.8 Å². The Morgan fingerprint density at radius 3 is 2.77 bits per heavy atom. The maximum atomic E-state index is 11.6. The average molecular weight is 415 g/mol.